The van der Waals surface area contributed by atoms with Crippen molar-refractivity contribution in [2.24, 2.45) is 5.73 Å². The fourth-order valence-electron chi connectivity index (χ4n) is 1.15. The highest BCUT2D eigenvalue weighted by Gasteiger charge is 2.19. The Bertz CT molecular complexity index is 476. The Balaban J connectivity index is 2.98. The Morgan fingerprint density at radius 1 is 1.39 bits per heavy atom. The van der Waals surface area contributed by atoms with Crippen molar-refractivity contribution >= 4 is 23.4 Å². The fraction of sp³-hybridized carbons (Fsp3) is 0.455. The lowest BCUT2D eigenvalue weighted by molar-refractivity contribution is -0.119. The largest absolute Gasteiger partial charge is 0.368 e. The molecule has 7 heteroatoms. The van der Waals surface area contributed by atoms with E-state index in [-0.39, 0.29) is 16.6 Å². The molecule has 98 valence electrons. The summed E-state index contributed by atoms with van der Waals surface area (Å²) in [5.74, 6) is -0.591. The maximum absolute atomic E-state index is 11.9. The molecule has 0 radical (unpaired) electrons. The number of carbonyl (C=O) groups is 2. The molecule has 0 saturated carbocycles. The van der Waals surface area contributed by atoms with Gasteiger partial charge in [-0.3, -0.25) is 9.59 Å². The van der Waals surface area contributed by atoms with Gasteiger partial charge in [-0.2, -0.15) is 0 Å². The zero-order chi connectivity index (χ0) is 13.9. The minimum absolute atomic E-state index is 0.0449. The Morgan fingerprint density at radius 2 is 2.00 bits per heavy atom. The molecule has 0 spiro atoms. The van der Waals surface area contributed by atoms with Crippen LogP contribution in [0.15, 0.2) is 6.20 Å². The normalized spacial score (nSPS) is 12.3. The topological polar surface area (TPSA) is 98.0 Å². The molecule has 3 N–H and O–H groups in total. The number of hydrogen-bond acceptors (Lipinski definition) is 4. The summed E-state index contributed by atoms with van der Waals surface area (Å²) in [5, 5.41) is 2.55. The van der Waals surface area contributed by atoms with E-state index in [9.17, 15) is 9.59 Å². The third-order valence-electron chi connectivity index (χ3n) is 2.27. The van der Waals surface area contributed by atoms with Crippen molar-refractivity contribution in [1.29, 1.82) is 0 Å². The van der Waals surface area contributed by atoms with Crippen LogP contribution in [0.4, 0.5) is 0 Å². The Labute approximate surface area is 110 Å². The van der Waals surface area contributed by atoms with Gasteiger partial charge in [0.15, 0.2) is 0 Å². The summed E-state index contributed by atoms with van der Waals surface area (Å²) < 4.78 is 0. The number of rotatable bonds is 4. The second-order valence-corrected chi connectivity index (χ2v) is 4.58. The minimum atomic E-state index is -0.786. The van der Waals surface area contributed by atoms with Gasteiger partial charge in [0.25, 0.3) is 5.91 Å². The molecule has 0 aliphatic heterocycles. The van der Waals surface area contributed by atoms with Crippen LogP contribution in [-0.2, 0) is 4.79 Å². The van der Waals surface area contributed by atoms with Gasteiger partial charge in [-0.25, -0.2) is 9.97 Å². The van der Waals surface area contributed by atoms with Crippen molar-refractivity contribution in [2.75, 3.05) is 0 Å². The van der Waals surface area contributed by atoms with Crippen LogP contribution < -0.4 is 11.1 Å². The van der Waals surface area contributed by atoms with Gasteiger partial charge < -0.3 is 11.1 Å². The molecule has 2 amide bonds. The number of amides is 2. The van der Waals surface area contributed by atoms with Crippen LogP contribution >= 0.6 is 11.6 Å². The van der Waals surface area contributed by atoms with Crippen molar-refractivity contribution < 1.29 is 9.59 Å². The zero-order valence-corrected chi connectivity index (χ0v) is 11.2. The first-order valence-corrected chi connectivity index (χ1v) is 5.83. The van der Waals surface area contributed by atoms with E-state index in [4.69, 9.17) is 17.3 Å². The summed E-state index contributed by atoms with van der Waals surface area (Å²) in [4.78, 5) is 30.8. The second kappa shape index (κ2) is 5.77. The summed E-state index contributed by atoms with van der Waals surface area (Å²) in [6, 6.07) is -0.786. The number of halogens is 1. The molecular formula is C11H15ClN4O2. The standard InChI is InChI=1S/C11H15ClN4O2/c1-5(2)10-14-4-7(12)8(16-10)11(18)15-6(3)9(13)17/h4-6H,1-3H3,(H2,13,17)(H,15,18). The molecule has 0 bridgehead atoms. The molecule has 1 atom stereocenters. The molecule has 1 aromatic rings. The van der Waals surface area contributed by atoms with Gasteiger partial charge in [0.05, 0.1) is 11.2 Å². The van der Waals surface area contributed by atoms with Crippen LogP contribution in [-0.4, -0.2) is 27.8 Å². The summed E-state index contributed by atoms with van der Waals surface area (Å²) in [6.07, 6.45) is 1.37. The third kappa shape index (κ3) is 3.40. The zero-order valence-electron chi connectivity index (χ0n) is 10.4. The SMILES string of the molecule is CC(NC(=O)c1nc(C(C)C)ncc1Cl)C(N)=O. The Morgan fingerprint density at radius 3 is 2.50 bits per heavy atom. The number of hydrogen-bond donors (Lipinski definition) is 2. The Hall–Kier alpha value is -1.69. The number of primary amides is 1. The van der Waals surface area contributed by atoms with Gasteiger partial charge >= 0.3 is 0 Å². The van der Waals surface area contributed by atoms with E-state index >= 15 is 0 Å². The molecule has 0 aliphatic rings. The third-order valence-corrected chi connectivity index (χ3v) is 2.55. The van der Waals surface area contributed by atoms with Gasteiger partial charge in [-0.05, 0) is 6.92 Å². The van der Waals surface area contributed by atoms with Crippen molar-refractivity contribution in [3.8, 4) is 0 Å². The van der Waals surface area contributed by atoms with Crippen LogP contribution in [0, 0.1) is 0 Å². The second-order valence-electron chi connectivity index (χ2n) is 4.18. The van der Waals surface area contributed by atoms with E-state index in [1.165, 1.54) is 13.1 Å². The number of aromatic nitrogens is 2. The van der Waals surface area contributed by atoms with Crippen LogP contribution in [0.2, 0.25) is 5.02 Å². The van der Waals surface area contributed by atoms with E-state index in [0.717, 1.165) is 0 Å². The summed E-state index contributed by atoms with van der Waals surface area (Å²) >= 11 is 5.86. The molecule has 0 fully saturated rings. The van der Waals surface area contributed by atoms with Crippen LogP contribution in [0.1, 0.15) is 43.0 Å². The molecule has 0 saturated heterocycles. The molecular weight excluding hydrogens is 256 g/mol. The number of carbonyl (C=O) groups excluding carboxylic acids is 2. The van der Waals surface area contributed by atoms with Crippen LogP contribution in [0.3, 0.4) is 0 Å². The first kappa shape index (κ1) is 14.4. The average molecular weight is 271 g/mol. The lowest BCUT2D eigenvalue weighted by Crippen LogP contribution is -2.42. The first-order valence-electron chi connectivity index (χ1n) is 5.45. The smallest absolute Gasteiger partial charge is 0.272 e. The number of nitrogens with one attached hydrogen (secondary N) is 1. The highest BCUT2D eigenvalue weighted by Crippen LogP contribution is 2.16. The van der Waals surface area contributed by atoms with Crippen molar-refractivity contribution in [3.63, 3.8) is 0 Å². The van der Waals surface area contributed by atoms with Gasteiger partial charge in [0.1, 0.15) is 17.6 Å². The average Bonchev–Trinajstić information content (AvgIpc) is 2.28. The molecule has 1 rings (SSSR count). The number of nitrogens with two attached hydrogens (primary N) is 1. The maximum Gasteiger partial charge on any atom is 0.272 e. The van der Waals surface area contributed by atoms with Gasteiger partial charge in [-0.15, -0.1) is 0 Å². The summed E-state index contributed by atoms with van der Waals surface area (Å²) in [5.41, 5.74) is 5.10. The molecule has 1 aromatic heterocycles. The van der Waals surface area contributed by atoms with Gasteiger partial charge in [0, 0.05) is 5.92 Å². The molecule has 0 aromatic carbocycles. The van der Waals surface area contributed by atoms with E-state index in [1.807, 2.05) is 13.8 Å². The van der Waals surface area contributed by atoms with E-state index in [1.54, 1.807) is 0 Å². The highest BCUT2D eigenvalue weighted by atomic mass is 35.5. The summed E-state index contributed by atoms with van der Waals surface area (Å²) in [7, 11) is 0. The van der Waals surface area contributed by atoms with Crippen molar-refractivity contribution in [1.82, 2.24) is 15.3 Å². The first-order chi connectivity index (χ1) is 8.32. The van der Waals surface area contributed by atoms with Crippen molar-refractivity contribution in [2.45, 2.75) is 32.7 Å². The Kier molecular flexibility index (Phi) is 4.61. The van der Waals surface area contributed by atoms with Gasteiger partial charge in [0.2, 0.25) is 5.91 Å². The molecule has 6 nitrogen and oxygen atoms in total. The van der Waals surface area contributed by atoms with E-state index < -0.39 is 17.9 Å². The van der Waals surface area contributed by atoms with E-state index in [0.29, 0.717) is 5.82 Å². The lowest BCUT2D eigenvalue weighted by Gasteiger charge is -2.11. The molecule has 1 unspecified atom stereocenters. The summed E-state index contributed by atoms with van der Waals surface area (Å²) in [6.45, 7) is 5.28. The highest BCUT2D eigenvalue weighted by molar-refractivity contribution is 6.33. The lowest BCUT2D eigenvalue weighted by atomic mass is 10.2. The molecule has 18 heavy (non-hydrogen) atoms. The predicted octanol–water partition coefficient (Wildman–Crippen LogP) is 0.857. The van der Waals surface area contributed by atoms with Crippen LogP contribution in [0.5, 0.6) is 0 Å². The fourth-order valence-corrected chi connectivity index (χ4v) is 1.33. The van der Waals surface area contributed by atoms with E-state index in [2.05, 4.69) is 15.3 Å². The maximum atomic E-state index is 11.9. The van der Waals surface area contributed by atoms with Crippen molar-refractivity contribution in [3.05, 3.63) is 22.7 Å². The quantitative estimate of drug-likeness (QED) is 0.848. The van der Waals surface area contributed by atoms with Gasteiger partial charge in [-0.1, -0.05) is 25.4 Å². The minimum Gasteiger partial charge on any atom is -0.368 e. The van der Waals surface area contributed by atoms with Crippen LogP contribution in [0.25, 0.3) is 0 Å². The monoisotopic (exact) mass is 270 g/mol. The predicted molar refractivity (Wildman–Crippen MR) is 67.3 cm³/mol. The molecule has 0 aliphatic carbocycles. The molecule has 1 heterocycles. The number of nitrogens with zero attached hydrogens (tertiary/aromatic N) is 2.